The van der Waals surface area contributed by atoms with Crippen LogP contribution in [0.1, 0.15) is 43.0 Å². The molecule has 0 spiro atoms. The molecule has 7 rings (SSSR count). The topological polar surface area (TPSA) is 29.3 Å². The SMILES string of the molecule is Cc1ccc2c(n1)oc1c(C34CC5CC(CN(C5)[C@@H]3C)C4)c(C)ccc12. The first-order valence-electron chi connectivity index (χ1n) is 10.1. The fourth-order valence-electron chi connectivity index (χ4n) is 6.72. The van der Waals surface area contributed by atoms with Crippen LogP contribution in [0.25, 0.3) is 22.1 Å². The lowest BCUT2D eigenvalue weighted by atomic mass is 9.53. The quantitative estimate of drug-likeness (QED) is 0.623. The maximum absolute atomic E-state index is 6.45. The summed E-state index contributed by atoms with van der Waals surface area (Å²) in [6, 6.07) is 9.42. The van der Waals surface area contributed by atoms with E-state index in [2.05, 4.69) is 48.0 Å². The number of rotatable bonds is 1. The predicted octanol–water partition coefficient (Wildman–Crippen LogP) is 4.97. The molecular weight excluding hydrogens is 320 g/mol. The minimum atomic E-state index is 0.247. The zero-order chi connectivity index (χ0) is 17.6. The lowest BCUT2D eigenvalue weighted by molar-refractivity contribution is -0.0785. The van der Waals surface area contributed by atoms with Gasteiger partial charge in [-0.2, -0.15) is 0 Å². The molecule has 0 amide bonds. The minimum Gasteiger partial charge on any atom is -0.437 e. The Morgan fingerprint density at radius 1 is 1.04 bits per heavy atom. The number of hydrogen-bond donors (Lipinski definition) is 0. The Bertz CT molecular complexity index is 1040. The van der Waals surface area contributed by atoms with Crippen molar-refractivity contribution in [3.05, 3.63) is 41.1 Å². The Balaban J connectivity index is 1.67. The number of benzene rings is 1. The zero-order valence-corrected chi connectivity index (χ0v) is 15.9. The molecule has 134 valence electrons. The number of furan rings is 1. The van der Waals surface area contributed by atoms with Crippen molar-refractivity contribution in [2.75, 3.05) is 13.1 Å². The van der Waals surface area contributed by atoms with Crippen LogP contribution < -0.4 is 0 Å². The molecule has 0 N–H and O–H groups in total. The van der Waals surface area contributed by atoms with Crippen molar-refractivity contribution in [1.29, 1.82) is 0 Å². The summed E-state index contributed by atoms with van der Waals surface area (Å²) in [6.07, 6.45) is 4.08. The third-order valence-corrected chi connectivity index (χ3v) is 7.66. The first kappa shape index (κ1) is 15.2. The molecule has 3 heteroatoms. The van der Waals surface area contributed by atoms with Crippen molar-refractivity contribution in [2.45, 2.75) is 51.5 Å². The van der Waals surface area contributed by atoms with Gasteiger partial charge in [0.25, 0.3) is 0 Å². The Kier molecular flexibility index (Phi) is 2.86. The van der Waals surface area contributed by atoms with Gasteiger partial charge >= 0.3 is 0 Å². The van der Waals surface area contributed by atoms with Gasteiger partial charge in [0.15, 0.2) is 0 Å². The smallest absolute Gasteiger partial charge is 0.227 e. The maximum Gasteiger partial charge on any atom is 0.227 e. The van der Waals surface area contributed by atoms with Crippen LogP contribution in [0.3, 0.4) is 0 Å². The first-order valence-corrected chi connectivity index (χ1v) is 10.1. The average Bonchev–Trinajstić information content (AvgIpc) is 2.95. The van der Waals surface area contributed by atoms with Crippen LogP contribution in [-0.4, -0.2) is 29.0 Å². The van der Waals surface area contributed by atoms with Gasteiger partial charge in [0.1, 0.15) is 5.58 Å². The molecule has 3 nitrogen and oxygen atoms in total. The lowest BCUT2D eigenvalue weighted by Crippen LogP contribution is -2.65. The highest BCUT2D eigenvalue weighted by Crippen LogP contribution is 2.57. The van der Waals surface area contributed by atoms with Crippen LogP contribution in [0, 0.1) is 25.7 Å². The van der Waals surface area contributed by atoms with E-state index >= 15 is 0 Å². The van der Waals surface area contributed by atoms with Gasteiger partial charge in [-0.3, -0.25) is 4.90 Å². The summed E-state index contributed by atoms with van der Waals surface area (Å²) in [6.45, 7) is 9.38. The summed E-state index contributed by atoms with van der Waals surface area (Å²) in [7, 11) is 0. The lowest BCUT2D eigenvalue weighted by Gasteiger charge is -2.62. The van der Waals surface area contributed by atoms with E-state index in [0.29, 0.717) is 6.04 Å². The Morgan fingerprint density at radius 2 is 1.77 bits per heavy atom. The monoisotopic (exact) mass is 346 g/mol. The Labute approximate surface area is 154 Å². The van der Waals surface area contributed by atoms with Gasteiger partial charge in [0.2, 0.25) is 5.71 Å². The third kappa shape index (κ3) is 1.80. The van der Waals surface area contributed by atoms with Crippen LogP contribution >= 0.6 is 0 Å². The van der Waals surface area contributed by atoms with Gasteiger partial charge in [0, 0.05) is 46.6 Å². The van der Waals surface area contributed by atoms with Gasteiger partial charge in [-0.15, -0.1) is 0 Å². The summed E-state index contributed by atoms with van der Waals surface area (Å²) >= 11 is 0. The molecule has 3 aliphatic heterocycles. The molecule has 26 heavy (non-hydrogen) atoms. The standard InChI is InChI=1S/C23H26N2O/c1-13-4-6-18-19-7-5-14(2)24-22(19)26-21(18)20(13)23-9-16-8-17(10-23)12-25(11-16)15(23)3/h4-7,15-17H,8-12H2,1-3H3/t15-,16?,17?,23?/m1/s1. The van der Waals surface area contributed by atoms with E-state index in [9.17, 15) is 0 Å². The van der Waals surface area contributed by atoms with Gasteiger partial charge in [-0.1, -0.05) is 12.1 Å². The van der Waals surface area contributed by atoms with E-state index in [1.54, 1.807) is 0 Å². The summed E-state index contributed by atoms with van der Waals surface area (Å²) in [5, 5.41) is 2.40. The molecule has 1 aromatic carbocycles. The second kappa shape index (κ2) is 4.89. The summed E-state index contributed by atoms with van der Waals surface area (Å²) in [5.41, 5.74) is 6.04. The van der Waals surface area contributed by atoms with Crippen LogP contribution in [-0.2, 0) is 5.41 Å². The zero-order valence-electron chi connectivity index (χ0n) is 15.9. The van der Waals surface area contributed by atoms with Gasteiger partial charge < -0.3 is 4.42 Å². The van der Waals surface area contributed by atoms with Crippen LogP contribution in [0.4, 0.5) is 0 Å². The molecule has 2 aromatic heterocycles. The highest BCUT2D eigenvalue weighted by molar-refractivity contribution is 6.05. The van der Waals surface area contributed by atoms with Crippen molar-refractivity contribution < 1.29 is 4.42 Å². The highest BCUT2D eigenvalue weighted by atomic mass is 16.3. The number of aromatic nitrogens is 1. The second-order valence-corrected chi connectivity index (χ2v) is 9.20. The number of nitrogens with zero attached hydrogens (tertiary/aromatic N) is 2. The van der Waals surface area contributed by atoms with E-state index in [0.717, 1.165) is 34.2 Å². The maximum atomic E-state index is 6.45. The van der Waals surface area contributed by atoms with E-state index in [-0.39, 0.29) is 5.41 Å². The molecule has 3 atom stereocenters. The second-order valence-electron chi connectivity index (χ2n) is 9.20. The molecule has 1 aliphatic carbocycles. The molecule has 2 unspecified atom stereocenters. The molecule has 3 aromatic rings. The summed E-state index contributed by atoms with van der Waals surface area (Å²) in [5.74, 6) is 1.72. The summed E-state index contributed by atoms with van der Waals surface area (Å²) < 4.78 is 6.45. The van der Waals surface area contributed by atoms with Crippen LogP contribution in [0.15, 0.2) is 28.7 Å². The average molecular weight is 346 g/mol. The van der Waals surface area contributed by atoms with E-state index in [1.807, 2.05) is 6.92 Å². The van der Waals surface area contributed by atoms with Crippen molar-refractivity contribution >= 4 is 22.1 Å². The Morgan fingerprint density at radius 3 is 2.54 bits per heavy atom. The largest absolute Gasteiger partial charge is 0.437 e. The molecule has 3 saturated heterocycles. The Hall–Kier alpha value is -1.87. The molecule has 0 radical (unpaired) electrons. The number of hydrogen-bond acceptors (Lipinski definition) is 3. The molecule has 5 heterocycles. The number of aryl methyl sites for hydroxylation is 2. The van der Waals surface area contributed by atoms with E-state index in [4.69, 9.17) is 4.42 Å². The number of pyridine rings is 1. The van der Waals surface area contributed by atoms with Crippen molar-refractivity contribution in [1.82, 2.24) is 9.88 Å². The van der Waals surface area contributed by atoms with Gasteiger partial charge in [-0.25, -0.2) is 4.98 Å². The fourth-order valence-corrected chi connectivity index (χ4v) is 6.72. The van der Waals surface area contributed by atoms with Gasteiger partial charge in [0.05, 0.1) is 0 Å². The van der Waals surface area contributed by atoms with Crippen LogP contribution in [0.5, 0.6) is 0 Å². The number of piperidine rings is 3. The molecule has 4 bridgehead atoms. The summed E-state index contributed by atoms with van der Waals surface area (Å²) in [4.78, 5) is 7.43. The van der Waals surface area contributed by atoms with Crippen LogP contribution in [0.2, 0.25) is 0 Å². The molecule has 4 fully saturated rings. The third-order valence-electron chi connectivity index (χ3n) is 7.66. The fraction of sp³-hybridized carbons (Fsp3) is 0.522. The molecular formula is C23H26N2O. The molecule has 1 saturated carbocycles. The normalized spacial score (nSPS) is 35.7. The molecule has 4 aliphatic rings. The van der Waals surface area contributed by atoms with E-state index in [1.165, 1.54) is 48.9 Å². The number of fused-ring (bicyclic) bond motifs is 3. The minimum absolute atomic E-state index is 0.247. The van der Waals surface area contributed by atoms with Crippen molar-refractivity contribution in [3.63, 3.8) is 0 Å². The predicted molar refractivity (Wildman–Crippen MR) is 105 cm³/mol. The van der Waals surface area contributed by atoms with Crippen molar-refractivity contribution in [3.8, 4) is 0 Å². The highest BCUT2D eigenvalue weighted by Gasteiger charge is 2.56. The first-order chi connectivity index (χ1) is 12.5. The van der Waals surface area contributed by atoms with E-state index < -0.39 is 0 Å². The van der Waals surface area contributed by atoms with Crippen molar-refractivity contribution in [2.24, 2.45) is 11.8 Å². The van der Waals surface area contributed by atoms with Gasteiger partial charge in [-0.05, 0) is 69.6 Å².